The summed E-state index contributed by atoms with van der Waals surface area (Å²) in [6.07, 6.45) is 5.85. The van der Waals surface area contributed by atoms with Gasteiger partial charge < -0.3 is 9.84 Å². The standard InChI is InChI=1S/C25H37NO5/c1-15(28)18-6-7-19-17-13-26(22(30)31-23(2,3)4)21-12-16(29)8-11-25(21,14-27)20(17)9-10-24(18,19)5/h12,17-20,27H,6-11,13-14H2,1-5H3/t17-,18+,19-,20-,24+,25-/m0/s1. The Hall–Kier alpha value is -1.69. The van der Waals surface area contributed by atoms with Crippen molar-refractivity contribution in [1.29, 1.82) is 0 Å². The Morgan fingerprint density at radius 3 is 2.52 bits per heavy atom. The number of amides is 1. The molecule has 4 aliphatic rings. The van der Waals surface area contributed by atoms with Crippen LogP contribution in [-0.2, 0) is 14.3 Å². The fraction of sp³-hybridized carbons (Fsp3) is 0.800. The summed E-state index contributed by atoms with van der Waals surface area (Å²) in [5.74, 6) is 1.07. The average molecular weight is 432 g/mol. The van der Waals surface area contributed by atoms with Crippen LogP contribution in [0, 0.1) is 34.5 Å². The predicted molar refractivity (Wildman–Crippen MR) is 116 cm³/mol. The third-order valence-electron chi connectivity index (χ3n) is 8.84. The number of likely N-dealkylation sites (tertiary alicyclic amines) is 1. The lowest BCUT2D eigenvalue weighted by Crippen LogP contribution is -2.61. The molecule has 6 nitrogen and oxygen atoms in total. The second kappa shape index (κ2) is 7.43. The van der Waals surface area contributed by atoms with Crippen LogP contribution in [0.25, 0.3) is 0 Å². The van der Waals surface area contributed by atoms with E-state index in [0.29, 0.717) is 31.0 Å². The lowest BCUT2D eigenvalue weighted by molar-refractivity contribution is -0.133. The molecule has 0 radical (unpaired) electrons. The molecule has 31 heavy (non-hydrogen) atoms. The van der Waals surface area contributed by atoms with Crippen molar-refractivity contribution in [2.45, 2.75) is 78.7 Å². The number of aliphatic hydroxyl groups excluding tert-OH is 1. The van der Waals surface area contributed by atoms with Gasteiger partial charge in [-0.3, -0.25) is 14.5 Å². The summed E-state index contributed by atoms with van der Waals surface area (Å²) in [7, 11) is 0. The van der Waals surface area contributed by atoms with E-state index >= 15 is 0 Å². The van der Waals surface area contributed by atoms with Gasteiger partial charge in [-0.2, -0.15) is 0 Å². The van der Waals surface area contributed by atoms with Gasteiger partial charge >= 0.3 is 6.09 Å². The molecule has 6 heteroatoms. The van der Waals surface area contributed by atoms with Gasteiger partial charge in [0.15, 0.2) is 5.78 Å². The van der Waals surface area contributed by atoms with Crippen LogP contribution in [0.3, 0.4) is 0 Å². The molecular weight excluding hydrogens is 394 g/mol. The Labute approximate surface area is 185 Å². The van der Waals surface area contributed by atoms with Gasteiger partial charge in [-0.25, -0.2) is 4.79 Å². The zero-order valence-electron chi connectivity index (χ0n) is 19.6. The number of fused-ring (bicyclic) bond motifs is 5. The van der Waals surface area contributed by atoms with Crippen molar-refractivity contribution < 1.29 is 24.2 Å². The number of carbonyl (C=O) groups excluding carboxylic acids is 3. The van der Waals surface area contributed by atoms with Crippen LogP contribution in [-0.4, -0.2) is 46.4 Å². The monoisotopic (exact) mass is 431 g/mol. The third kappa shape index (κ3) is 3.46. The smallest absolute Gasteiger partial charge is 0.414 e. The van der Waals surface area contributed by atoms with Crippen LogP contribution in [0.4, 0.5) is 4.79 Å². The normalized spacial score (nSPS) is 39.9. The van der Waals surface area contributed by atoms with E-state index in [-0.39, 0.29) is 41.3 Å². The van der Waals surface area contributed by atoms with Crippen molar-refractivity contribution in [3.05, 3.63) is 11.8 Å². The number of piperidine rings is 1. The highest BCUT2D eigenvalue weighted by Gasteiger charge is 2.63. The number of allylic oxidation sites excluding steroid dienone is 1. The Bertz CT molecular complexity index is 826. The largest absolute Gasteiger partial charge is 0.443 e. The first-order chi connectivity index (χ1) is 14.4. The summed E-state index contributed by atoms with van der Waals surface area (Å²) in [5.41, 5.74) is -0.659. The molecule has 0 spiro atoms. The van der Waals surface area contributed by atoms with E-state index in [0.717, 1.165) is 25.7 Å². The van der Waals surface area contributed by atoms with Gasteiger partial charge in [-0.1, -0.05) is 6.92 Å². The van der Waals surface area contributed by atoms with Crippen LogP contribution < -0.4 is 0 Å². The molecule has 1 saturated heterocycles. The predicted octanol–water partition coefficient (Wildman–Crippen LogP) is 4.11. The van der Waals surface area contributed by atoms with E-state index in [9.17, 15) is 19.5 Å². The molecule has 6 atom stereocenters. The maximum atomic E-state index is 13.3. The van der Waals surface area contributed by atoms with E-state index in [1.165, 1.54) is 0 Å². The first-order valence-corrected chi connectivity index (χ1v) is 11.8. The van der Waals surface area contributed by atoms with Gasteiger partial charge in [0, 0.05) is 36.1 Å². The highest BCUT2D eigenvalue weighted by atomic mass is 16.6. The van der Waals surface area contributed by atoms with Crippen LogP contribution in [0.1, 0.15) is 73.1 Å². The zero-order chi connectivity index (χ0) is 22.8. The van der Waals surface area contributed by atoms with Crippen LogP contribution in [0.2, 0.25) is 0 Å². The lowest BCUT2D eigenvalue weighted by atomic mass is 9.49. The summed E-state index contributed by atoms with van der Waals surface area (Å²) in [6.45, 7) is 9.89. The zero-order valence-corrected chi connectivity index (χ0v) is 19.6. The average Bonchev–Trinajstić information content (AvgIpc) is 3.03. The molecule has 0 aromatic rings. The van der Waals surface area contributed by atoms with Crippen LogP contribution in [0.5, 0.6) is 0 Å². The summed E-state index contributed by atoms with van der Waals surface area (Å²) < 4.78 is 5.73. The molecule has 4 rings (SSSR count). The Morgan fingerprint density at radius 1 is 1.19 bits per heavy atom. The molecule has 0 aromatic carbocycles. The topological polar surface area (TPSA) is 83.9 Å². The fourth-order valence-corrected chi connectivity index (χ4v) is 7.54. The number of ether oxygens (including phenoxy) is 1. The van der Waals surface area contributed by atoms with E-state index in [4.69, 9.17) is 4.74 Å². The van der Waals surface area contributed by atoms with Crippen molar-refractivity contribution in [2.24, 2.45) is 34.5 Å². The lowest BCUT2D eigenvalue weighted by Gasteiger charge is -2.60. The number of hydrogen-bond acceptors (Lipinski definition) is 5. The number of rotatable bonds is 2. The van der Waals surface area contributed by atoms with E-state index in [1.807, 2.05) is 20.8 Å². The Morgan fingerprint density at radius 2 is 1.90 bits per heavy atom. The minimum absolute atomic E-state index is 0.00393. The quantitative estimate of drug-likeness (QED) is 0.711. The van der Waals surface area contributed by atoms with Crippen molar-refractivity contribution in [2.75, 3.05) is 13.2 Å². The molecule has 3 aliphatic carbocycles. The molecule has 1 heterocycles. The number of nitrogens with zero attached hydrogens (tertiary/aromatic N) is 1. The maximum absolute atomic E-state index is 13.3. The highest BCUT2D eigenvalue weighted by Crippen LogP contribution is 2.65. The van der Waals surface area contributed by atoms with Crippen LogP contribution in [0.15, 0.2) is 11.8 Å². The number of Topliss-reactive ketones (excluding diaryl/α,β-unsaturated/α-hetero) is 1. The summed E-state index contributed by atoms with van der Waals surface area (Å²) >= 11 is 0. The molecule has 0 aromatic heterocycles. The van der Waals surface area contributed by atoms with E-state index in [1.54, 1.807) is 17.9 Å². The molecule has 3 fully saturated rings. The van der Waals surface area contributed by atoms with Gasteiger partial charge in [0.25, 0.3) is 0 Å². The highest BCUT2D eigenvalue weighted by molar-refractivity contribution is 5.92. The molecule has 0 bridgehead atoms. The Balaban J connectivity index is 1.77. The second-order valence-electron chi connectivity index (χ2n) is 11.6. The number of aliphatic hydroxyl groups is 1. The van der Waals surface area contributed by atoms with Crippen LogP contribution >= 0.6 is 0 Å². The van der Waals surface area contributed by atoms with Gasteiger partial charge in [-0.05, 0) is 83.0 Å². The van der Waals surface area contributed by atoms with Crippen molar-refractivity contribution in [3.8, 4) is 0 Å². The van der Waals surface area contributed by atoms with Crippen molar-refractivity contribution in [3.63, 3.8) is 0 Å². The molecule has 0 unspecified atom stereocenters. The first kappa shape index (κ1) is 22.5. The fourth-order valence-electron chi connectivity index (χ4n) is 7.54. The Kier molecular flexibility index (Phi) is 5.39. The van der Waals surface area contributed by atoms with E-state index in [2.05, 4.69) is 6.92 Å². The van der Waals surface area contributed by atoms with Gasteiger partial charge in [0.2, 0.25) is 0 Å². The SMILES string of the molecule is CC(=O)[C@H]1CC[C@H]2[C@@H]3CN(C(=O)OC(C)(C)C)C4=CC(=O)CC[C@]4(CO)[C@H]3CC[C@]12C. The summed E-state index contributed by atoms with van der Waals surface area (Å²) in [4.78, 5) is 39.7. The molecule has 2 saturated carbocycles. The third-order valence-corrected chi connectivity index (χ3v) is 8.84. The molecular formula is C25H37NO5. The maximum Gasteiger partial charge on any atom is 0.414 e. The van der Waals surface area contributed by atoms with E-state index < -0.39 is 17.1 Å². The number of carbonyl (C=O) groups is 3. The van der Waals surface area contributed by atoms with Gasteiger partial charge in [0.05, 0.1) is 6.61 Å². The minimum atomic E-state index is -0.650. The minimum Gasteiger partial charge on any atom is -0.443 e. The second-order valence-corrected chi connectivity index (χ2v) is 11.6. The number of ketones is 2. The summed E-state index contributed by atoms with van der Waals surface area (Å²) in [5, 5.41) is 10.7. The molecule has 1 N–H and O–H groups in total. The molecule has 1 aliphatic heterocycles. The van der Waals surface area contributed by atoms with Crippen molar-refractivity contribution in [1.82, 2.24) is 4.90 Å². The van der Waals surface area contributed by atoms with Gasteiger partial charge in [-0.15, -0.1) is 0 Å². The first-order valence-electron chi connectivity index (χ1n) is 11.8. The molecule has 172 valence electrons. The molecule has 1 amide bonds. The number of hydrogen-bond donors (Lipinski definition) is 1. The summed E-state index contributed by atoms with van der Waals surface area (Å²) in [6, 6.07) is 0. The van der Waals surface area contributed by atoms with Gasteiger partial charge in [0.1, 0.15) is 11.4 Å². The van der Waals surface area contributed by atoms with Crippen molar-refractivity contribution >= 4 is 17.7 Å².